The van der Waals surface area contributed by atoms with Crippen molar-refractivity contribution in [2.24, 2.45) is 0 Å². The molecule has 0 atom stereocenters. The van der Waals surface area contributed by atoms with Crippen molar-refractivity contribution in [1.82, 2.24) is 4.90 Å². The molecule has 0 saturated heterocycles. The summed E-state index contributed by atoms with van der Waals surface area (Å²) >= 11 is 0. The van der Waals surface area contributed by atoms with Crippen LogP contribution < -0.4 is 0 Å². The number of benzene rings is 2. The number of phenols is 1. The van der Waals surface area contributed by atoms with Crippen molar-refractivity contribution in [3.05, 3.63) is 53.6 Å². The minimum absolute atomic E-state index is 0.0835. The molecule has 0 radical (unpaired) electrons. The molecular formula is C20H25NO2. The number of hydrogen-bond acceptors (Lipinski definition) is 2. The summed E-state index contributed by atoms with van der Waals surface area (Å²) in [6.45, 7) is 6.43. The number of carbonyl (C=O) groups is 1. The van der Waals surface area contributed by atoms with Crippen LogP contribution in [0.15, 0.2) is 42.5 Å². The maximum absolute atomic E-state index is 12.0. The van der Waals surface area contributed by atoms with Crippen LogP contribution in [0.1, 0.15) is 31.9 Å². The SMILES string of the molecule is CN(C)C(=O)Cc1ccc(-c2ccccc2O)c(C(C)(C)C)c1. The third-order valence-corrected chi connectivity index (χ3v) is 3.94. The van der Waals surface area contributed by atoms with Gasteiger partial charge in [0.1, 0.15) is 5.75 Å². The zero-order chi connectivity index (χ0) is 17.2. The predicted octanol–water partition coefficient (Wildman–Crippen LogP) is 3.99. The number of rotatable bonds is 3. The summed E-state index contributed by atoms with van der Waals surface area (Å²) < 4.78 is 0. The van der Waals surface area contributed by atoms with E-state index in [9.17, 15) is 9.90 Å². The first-order chi connectivity index (χ1) is 10.7. The summed E-state index contributed by atoms with van der Waals surface area (Å²) in [4.78, 5) is 13.6. The average molecular weight is 311 g/mol. The molecule has 0 spiro atoms. The molecule has 0 fully saturated rings. The fourth-order valence-corrected chi connectivity index (χ4v) is 2.59. The van der Waals surface area contributed by atoms with Gasteiger partial charge in [-0.05, 0) is 28.2 Å². The molecule has 3 nitrogen and oxygen atoms in total. The van der Waals surface area contributed by atoms with E-state index >= 15 is 0 Å². The first-order valence-electron chi connectivity index (χ1n) is 7.82. The van der Waals surface area contributed by atoms with Crippen LogP contribution in [0.25, 0.3) is 11.1 Å². The smallest absolute Gasteiger partial charge is 0.226 e. The predicted molar refractivity (Wildman–Crippen MR) is 94.6 cm³/mol. The second kappa shape index (κ2) is 6.45. The number of nitrogens with zero attached hydrogens (tertiary/aromatic N) is 1. The zero-order valence-corrected chi connectivity index (χ0v) is 14.6. The number of para-hydroxylation sites is 1. The standard InChI is InChI=1S/C20H25NO2/c1-20(2,3)17-12-14(13-19(23)21(4)5)10-11-15(17)16-8-6-7-9-18(16)22/h6-12,22H,13H2,1-5H3. The second-order valence-corrected chi connectivity index (χ2v) is 7.11. The van der Waals surface area contributed by atoms with Gasteiger partial charge in [-0.15, -0.1) is 0 Å². The van der Waals surface area contributed by atoms with E-state index in [4.69, 9.17) is 0 Å². The molecule has 0 aliphatic carbocycles. The highest BCUT2D eigenvalue weighted by Gasteiger charge is 2.21. The molecule has 3 heteroatoms. The minimum atomic E-state index is -0.0885. The van der Waals surface area contributed by atoms with E-state index in [1.54, 1.807) is 25.1 Å². The Labute approximate surface area is 138 Å². The maximum Gasteiger partial charge on any atom is 0.226 e. The Morgan fingerprint density at radius 1 is 1.04 bits per heavy atom. The number of amides is 1. The van der Waals surface area contributed by atoms with Crippen molar-refractivity contribution >= 4 is 5.91 Å². The summed E-state index contributed by atoms with van der Waals surface area (Å²) in [6, 6.07) is 13.4. The van der Waals surface area contributed by atoms with Gasteiger partial charge in [0.15, 0.2) is 0 Å². The first-order valence-corrected chi connectivity index (χ1v) is 7.82. The summed E-state index contributed by atoms with van der Waals surface area (Å²) in [7, 11) is 3.53. The lowest BCUT2D eigenvalue weighted by Crippen LogP contribution is -2.23. The maximum atomic E-state index is 12.0. The largest absolute Gasteiger partial charge is 0.507 e. The minimum Gasteiger partial charge on any atom is -0.507 e. The molecule has 2 aromatic carbocycles. The average Bonchev–Trinajstić information content (AvgIpc) is 2.47. The van der Waals surface area contributed by atoms with E-state index in [0.29, 0.717) is 6.42 Å². The molecule has 0 aromatic heterocycles. The second-order valence-electron chi connectivity index (χ2n) is 7.11. The highest BCUT2D eigenvalue weighted by atomic mass is 16.3. The van der Waals surface area contributed by atoms with Gasteiger partial charge in [0, 0.05) is 19.7 Å². The zero-order valence-electron chi connectivity index (χ0n) is 14.6. The molecule has 0 bridgehead atoms. The van der Waals surface area contributed by atoms with E-state index < -0.39 is 0 Å². The third kappa shape index (κ3) is 3.92. The molecule has 2 aromatic rings. The van der Waals surface area contributed by atoms with Gasteiger partial charge in [0.25, 0.3) is 0 Å². The quantitative estimate of drug-likeness (QED) is 0.931. The molecule has 0 heterocycles. The van der Waals surface area contributed by atoms with Gasteiger partial charge in [-0.3, -0.25) is 4.79 Å². The van der Waals surface area contributed by atoms with Crippen LogP contribution in [0.2, 0.25) is 0 Å². The molecule has 1 N–H and O–H groups in total. The summed E-state index contributed by atoms with van der Waals surface area (Å²) in [5.41, 5.74) is 3.87. The fourth-order valence-electron chi connectivity index (χ4n) is 2.59. The van der Waals surface area contributed by atoms with E-state index in [1.165, 1.54) is 0 Å². The normalized spacial score (nSPS) is 11.3. The van der Waals surface area contributed by atoms with Crippen molar-refractivity contribution in [3.63, 3.8) is 0 Å². The molecule has 0 saturated carbocycles. The lowest BCUT2D eigenvalue weighted by Gasteiger charge is -2.24. The highest BCUT2D eigenvalue weighted by molar-refractivity contribution is 5.79. The van der Waals surface area contributed by atoms with Gasteiger partial charge < -0.3 is 10.0 Å². The Hall–Kier alpha value is -2.29. The Kier molecular flexibility index (Phi) is 4.79. The Bertz CT molecular complexity index is 712. The van der Waals surface area contributed by atoms with Gasteiger partial charge >= 0.3 is 0 Å². The van der Waals surface area contributed by atoms with Crippen molar-refractivity contribution in [3.8, 4) is 16.9 Å². The van der Waals surface area contributed by atoms with Gasteiger partial charge in [-0.2, -0.15) is 0 Å². The summed E-state index contributed by atoms with van der Waals surface area (Å²) in [6.07, 6.45) is 0.386. The molecule has 122 valence electrons. The third-order valence-electron chi connectivity index (χ3n) is 3.94. The first kappa shape index (κ1) is 17.1. The van der Waals surface area contributed by atoms with E-state index in [2.05, 4.69) is 26.8 Å². The van der Waals surface area contributed by atoms with Crippen molar-refractivity contribution < 1.29 is 9.90 Å². The Balaban J connectivity index is 2.53. The molecular weight excluding hydrogens is 286 g/mol. The van der Waals surface area contributed by atoms with Crippen LogP contribution >= 0.6 is 0 Å². The Morgan fingerprint density at radius 2 is 1.70 bits per heavy atom. The number of aromatic hydroxyl groups is 1. The van der Waals surface area contributed by atoms with Crippen LogP contribution in [-0.2, 0) is 16.6 Å². The molecule has 0 unspecified atom stereocenters. The number of phenolic OH excluding ortho intramolecular Hbond substituents is 1. The van der Waals surface area contributed by atoms with Gasteiger partial charge in [-0.25, -0.2) is 0 Å². The van der Waals surface area contributed by atoms with E-state index in [-0.39, 0.29) is 17.1 Å². The summed E-state index contributed by atoms with van der Waals surface area (Å²) in [5, 5.41) is 10.2. The molecule has 2 rings (SSSR count). The molecule has 0 aliphatic rings. The van der Waals surface area contributed by atoms with Crippen molar-refractivity contribution in [1.29, 1.82) is 0 Å². The molecule has 1 amide bonds. The van der Waals surface area contributed by atoms with Crippen LogP contribution in [0, 0.1) is 0 Å². The summed E-state index contributed by atoms with van der Waals surface area (Å²) in [5.74, 6) is 0.357. The monoisotopic (exact) mass is 311 g/mol. The molecule has 23 heavy (non-hydrogen) atoms. The topological polar surface area (TPSA) is 40.5 Å². The fraction of sp³-hybridized carbons (Fsp3) is 0.350. The molecule has 0 aliphatic heterocycles. The van der Waals surface area contributed by atoms with Crippen molar-refractivity contribution in [2.45, 2.75) is 32.6 Å². The lowest BCUT2D eigenvalue weighted by atomic mass is 9.80. The number of hydrogen-bond donors (Lipinski definition) is 1. The van der Waals surface area contributed by atoms with Gasteiger partial charge in [-0.1, -0.05) is 57.2 Å². The van der Waals surface area contributed by atoms with Gasteiger partial charge in [0.2, 0.25) is 5.91 Å². The van der Waals surface area contributed by atoms with Crippen LogP contribution in [0.5, 0.6) is 5.75 Å². The van der Waals surface area contributed by atoms with Crippen LogP contribution in [0.4, 0.5) is 0 Å². The number of carbonyl (C=O) groups excluding carboxylic acids is 1. The Morgan fingerprint density at radius 3 is 2.26 bits per heavy atom. The van der Waals surface area contributed by atoms with Crippen LogP contribution in [-0.4, -0.2) is 30.0 Å². The van der Waals surface area contributed by atoms with Crippen LogP contribution in [0.3, 0.4) is 0 Å². The number of likely N-dealkylation sites (N-methyl/N-ethyl adjacent to an activating group) is 1. The van der Waals surface area contributed by atoms with E-state index in [1.807, 2.05) is 30.3 Å². The lowest BCUT2D eigenvalue weighted by molar-refractivity contribution is -0.127. The van der Waals surface area contributed by atoms with Crippen molar-refractivity contribution in [2.75, 3.05) is 14.1 Å². The highest BCUT2D eigenvalue weighted by Crippen LogP contribution is 2.37. The van der Waals surface area contributed by atoms with E-state index in [0.717, 1.165) is 22.3 Å². The van der Waals surface area contributed by atoms with Gasteiger partial charge in [0.05, 0.1) is 6.42 Å².